The standard InChI is InChI=1S/C20H22ClN5O2S/c1-12-6-8-25(9-7-12)19(28)13(2)29-20-23-17-16(18(27)24-20)11-22-26(17)15-5-3-4-14(21)10-15/h3-5,10-13H,6-9H2,1-2H3,(H,23,24,27). The third-order valence-electron chi connectivity index (χ3n) is 5.20. The SMILES string of the molecule is CC1CCN(C(=O)C(C)Sc2nc3c(cnn3-c3cccc(Cl)c3)c(=O)[nH]2)CC1. The van der Waals surface area contributed by atoms with Gasteiger partial charge in [-0.05, 0) is 43.9 Å². The molecule has 1 N–H and O–H groups in total. The molecule has 0 saturated carbocycles. The van der Waals surface area contributed by atoms with Gasteiger partial charge in [0.1, 0.15) is 5.39 Å². The molecule has 9 heteroatoms. The summed E-state index contributed by atoms with van der Waals surface area (Å²) in [4.78, 5) is 34.6. The molecule has 1 aliphatic rings. The Balaban J connectivity index is 1.60. The Bertz CT molecular complexity index is 1100. The van der Waals surface area contributed by atoms with E-state index >= 15 is 0 Å². The lowest BCUT2D eigenvalue weighted by Gasteiger charge is -2.31. The van der Waals surface area contributed by atoms with Gasteiger partial charge in [-0.25, -0.2) is 9.67 Å². The van der Waals surface area contributed by atoms with E-state index in [2.05, 4.69) is 22.0 Å². The lowest BCUT2D eigenvalue weighted by molar-refractivity contribution is -0.131. The van der Waals surface area contributed by atoms with Gasteiger partial charge in [0.25, 0.3) is 5.56 Å². The van der Waals surface area contributed by atoms with Crippen LogP contribution in [-0.2, 0) is 4.79 Å². The van der Waals surface area contributed by atoms with Gasteiger partial charge >= 0.3 is 0 Å². The summed E-state index contributed by atoms with van der Waals surface area (Å²) >= 11 is 7.35. The second-order valence-corrected chi connectivity index (χ2v) is 9.18. The summed E-state index contributed by atoms with van der Waals surface area (Å²) in [6.45, 7) is 5.64. The molecule has 0 aliphatic carbocycles. The number of halogens is 1. The Labute approximate surface area is 177 Å². The van der Waals surface area contributed by atoms with E-state index in [9.17, 15) is 9.59 Å². The lowest BCUT2D eigenvalue weighted by atomic mass is 9.99. The van der Waals surface area contributed by atoms with Crippen molar-refractivity contribution in [2.45, 2.75) is 37.1 Å². The molecule has 29 heavy (non-hydrogen) atoms. The van der Waals surface area contributed by atoms with Crippen LogP contribution in [0, 0.1) is 5.92 Å². The van der Waals surface area contributed by atoms with Crippen molar-refractivity contribution >= 4 is 40.3 Å². The predicted molar refractivity (Wildman–Crippen MR) is 115 cm³/mol. The van der Waals surface area contributed by atoms with Crippen LogP contribution in [0.4, 0.5) is 0 Å². The van der Waals surface area contributed by atoms with Crippen LogP contribution in [0.5, 0.6) is 0 Å². The number of likely N-dealkylation sites (tertiary alicyclic amines) is 1. The first kappa shape index (κ1) is 20.0. The zero-order valence-corrected chi connectivity index (χ0v) is 17.8. The molecule has 4 rings (SSSR count). The highest BCUT2D eigenvalue weighted by Crippen LogP contribution is 2.25. The molecule has 1 aromatic carbocycles. The number of hydrogen-bond donors (Lipinski definition) is 1. The largest absolute Gasteiger partial charge is 0.342 e. The summed E-state index contributed by atoms with van der Waals surface area (Å²) in [6.07, 6.45) is 3.55. The average molecular weight is 432 g/mol. The number of hydrogen-bond acceptors (Lipinski definition) is 5. The van der Waals surface area contributed by atoms with Gasteiger partial charge in [-0.3, -0.25) is 9.59 Å². The summed E-state index contributed by atoms with van der Waals surface area (Å²) in [7, 11) is 0. The van der Waals surface area contributed by atoms with E-state index in [0.29, 0.717) is 32.8 Å². The molecule has 1 aliphatic heterocycles. The number of nitrogens with one attached hydrogen (secondary N) is 1. The zero-order valence-electron chi connectivity index (χ0n) is 16.3. The highest BCUT2D eigenvalue weighted by atomic mass is 35.5. The van der Waals surface area contributed by atoms with Gasteiger partial charge in [-0.2, -0.15) is 5.10 Å². The molecule has 1 fully saturated rings. The number of aromatic amines is 1. The normalized spacial score (nSPS) is 16.3. The minimum absolute atomic E-state index is 0.0768. The van der Waals surface area contributed by atoms with Gasteiger partial charge in [0.15, 0.2) is 10.8 Å². The predicted octanol–water partition coefficient (Wildman–Crippen LogP) is 3.50. The van der Waals surface area contributed by atoms with E-state index < -0.39 is 0 Å². The fourth-order valence-corrected chi connectivity index (χ4v) is 4.52. The molecule has 152 valence electrons. The Morgan fingerprint density at radius 3 is 2.83 bits per heavy atom. The molecule has 1 saturated heterocycles. The Kier molecular flexibility index (Phi) is 5.65. The van der Waals surface area contributed by atoms with Crippen molar-refractivity contribution in [3.63, 3.8) is 0 Å². The fourth-order valence-electron chi connectivity index (χ4n) is 3.45. The van der Waals surface area contributed by atoms with Crippen molar-refractivity contribution in [3.05, 3.63) is 45.8 Å². The number of piperidine rings is 1. The quantitative estimate of drug-likeness (QED) is 0.505. The van der Waals surface area contributed by atoms with Crippen LogP contribution in [0.3, 0.4) is 0 Å². The summed E-state index contributed by atoms with van der Waals surface area (Å²) in [5, 5.41) is 5.31. The van der Waals surface area contributed by atoms with Gasteiger partial charge in [-0.15, -0.1) is 0 Å². The van der Waals surface area contributed by atoms with Crippen LogP contribution in [0.1, 0.15) is 26.7 Å². The molecule has 1 amide bonds. The van der Waals surface area contributed by atoms with Crippen LogP contribution in [0.2, 0.25) is 5.02 Å². The van der Waals surface area contributed by atoms with E-state index in [4.69, 9.17) is 11.6 Å². The molecule has 3 heterocycles. The van der Waals surface area contributed by atoms with Crippen LogP contribution >= 0.6 is 23.4 Å². The summed E-state index contributed by atoms with van der Waals surface area (Å²) < 4.78 is 1.58. The number of nitrogens with zero attached hydrogens (tertiary/aromatic N) is 4. The van der Waals surface area contributed by atoms with Gasteiger partial charge in [-0.1, -0.05) is 36.4 Å². The van der Waals surface area contributed by atoms with Gasteiger partial charge in [0.2, 0.25) is 5.91 Å². The Morgan fingerprint density at radius 2 is 2.10 bits per heavy atom. The van der Waals surface area contributed by atoms with Crippen molar-refractivity contribution in [2.75, 3.05) is 13.1 Å². The molecule has 0 radical (unpaired) electrons. The molecule has 1 atom stereocenters. The second kappa shape index (κ2) is 8.20. The maximum Gasteiger partial charge on any atom is 0.262 e. The molecule has 7 nitrogen and oxygen atoms in total. The third kappa shape index (κ3) is 4.18. The van der Waals surface area contributed by atoms with E-state index in [0.717, 1.165) is 25.9 Å². The maximum atomic E-state index is 12.8. The molecule has 3 aromatic rings. The minimum atomic E-state index is -0.341. The highest BCUT2D eigenvalue weighted by Gasteiger charge is 2.26. The number of H-pyrrole nitrogens is 1. The van der Waals surface area contributed by atoms with Gasteiger partial charge < -0.3 is 9.88 Å². The minimum Gasteiger partial charge on any atom is -0.342 e. The van der Waals surface area contributed by atoms with Crippen molar-refractivity contribution < 1.29 is 4.79 Å². The summed E-state index contributed by atoms with van der Waals surface area (Å²) in [5.41, 5.74) is 0.871. The van der Waals surface area contributed by atoms with Gasteiger partial charge in [0.05, 0.1) is 17.1 Å². The van der Waals surface area contributed by atoms with Crippen molar-refractivity contribution in [3.8, 4) is 5.69 Å². The van der Waals surface area contributed by atoms with E-state index in [1.54, 1.807) is 16.8 Å². The molecule has 0 spiro atoms. The number of benzene rings is 1. The van der Waals surface area contributed by atoms with Crippen molar-refractivity contribution in [2.24, 2.45) is 5.92 Å². The van der Waals surface area contributed by atoms with Crippen molar-refractivity contribution in [1.82, 2.24) is 24.6 Å². The monoisotopic (exact) mass is 431 g/mol. The number of carbonyl (C=O) groups is 1. The Hall–Kier alpha value is -2.32. The first-order valence-electron chi connectivity index (χ1n) is 9.62. The molecule has 0 bridgehead atoms. The van der Waals surface area contributed by atoms with Gasteiger partial charge in [0, 0.05) is 18.1 Å². The summed E-state index contributed by atoms with van der Waals surface area (Å²) in [6, 6.07) is 7.19. The van der Waals surface area contributed by atoms with E-state index in [1.165, 1.54) is 18.0 Å². The average Bonchev–Trinajstić information content (AvgIpc) is 3.12. The van der Waals surface area contributed by atoms with E-state index in [-0.39, 0.29) is 16.7 Å². The van der Waals surface area contributed by atoms with Crippen LogP contribution in [0.25, 0.3) is 16.7 Å². The third-order valence-corrected chi connectivity index (χ3v) is 6.41. The van der Waals surface area contributed by atoms with Crippen LogP contribution < -0.4 is 5.56 Å². The summed E-state index contributed by atoms with van der Waals surface area (Å²) in [5.74, 6) is 0.738. The lowest BCUT2D eigenvalue weighted by Crippen LogP contribution is -2.41. The first-order valence-corrected chi connectivity index (χ1v) is 10.9. The number of rotatable bonds is 4. The number of amides is 1. The highest BCUT2D eigenvalue weighted by molar-refractivity contribution is 8.00. The second-order valence-electron chi connectivity index (χ2n) is 7.41. The zero-order chi connectivity index (χ0) is 20.5. The number of carbonyl (C=O) groups excluding carboxylic acids is 1. The smallest absolute Gasteiger partial charge is 0.262 e. The number of thioether (sulfide) groups is 1. The van der Waals surface area contributed by atoms with E-state index in [1.807, 2.05) is 24.0 Å². The molecular formula is C20H22ClN5O2S. The number of fused-ring (bicyclic) bond motifs is 1. The molecule has 1 unspecified atom stereocenters. The maximum absolute atomic E-state index is 12.8. The van der Waals surface area contributed by atoms with Crippen LogP contribution in [0.15, 0.2) is 40.4 Å². The van der Waals surface area contributed by atoms with Crippen LogP contribution in [-0.4, -0.2) is 48.9 Å². The van der Waals surface area contributed by atoms with Crippen molar-refractivity contribution in [1.29, 1.82) is 0 Å². The Morgan fingerprint density at radius 1 is 1.34 bits per heavy atom. The number of aromatic nitrogens is 4. The first-order chi connectivity index (χ1) is 13.9. The fraction of sp³-hybridized carbons (Fsp3) is 0.400. The topological polar surface area (TPSA) is 83.9 Å². The molecule has 2 aromatic heterocycles. The molecular weight excluding hydrogens is 410 g/mol.